The number of ether oxygens (including phenoxy) is 1. The lowest BCUT2D eigenvalue weighted by Gasteiger charge is -2.05. The average Bonchev–Trinajstić information content (AvgIpc) is 2.00. The summed E-state index contributed by atoms with van der Waals surface area (Å²) in [6.07, 6.45) is -0.246. The molecule has 0 radical (unpaired) electrons. The van der Waals surface area contributed by atoms with Crippen molar-refractivity contribution in [2.45, 2.75) is 20.0 Å². The molecule has 0 saturated heterocycles. The number of hydrogen-bond acceptors (Lipinski definition) is 4. The number of carbonyl (C=O) groups is 2. The van der Waals surface area contributed by atoms with Gasteiger partial charge in [0.2, 0.25) is 0 Å². The monoisotopic (exact) mass is 227 g/mol. The predicted octanol–water partition coefficient (Wildman–Crippen LogP) is -0.955. The summed E-state index contributed by atoms with van der Waals surface area (Å²) < 4.78 is 13.3. The van der Waals surface area contributed by atoms with E-state index in [1.54, 1.807) is 13.8 Å². The molecule has 0 saturated carbocycles. The van der Waals surface area contributed by atoms with Crippen LogP contribution in [0.3, 0.4) is 0 Å². The normalized spacial score (nSPS) is 9.07. The molecule has 0 aromatic heterocycles. The molecule has 0 aromatic carbocycles. The van der Waals surface area contributed by atoms with Gasteiger partial charge in [-0.3, -0.25) is 9.36 Å². The number of amides is 1. The lowest BCUT2D eigenvalue weighted by molar-refractivity contribution is -0.157. The molecule has 0 aromatic rings. The molecule has 3 N–H and O–H groups in total. The van der Waals surface area contributed by atoms with Gasteiger partial charge in [-0.05, 0) is 13.8 Å². The van der Waals surface area contributed by atoms with Crippen LogP contribution in [0.4, 0.5) is 0 Å². The van der Waals surface area contributed by atoms with E-state index in [0.717, 1.165) is 0 Å². The third-order valence-corrected chi connectivity index (χ3v) is 0.755. The van der Waals surface area contributed by atoms with Crippen molar-refractivity contribution in [1.29, 1.82) is 0 Å². The van der Waals surface area contributed by atoms with Gasteiger partial charge in [-0.25, -0.2) is 4.79 Å². The molecule has 0 spiro atoms. The number of hydrogen-bond donors (Lipinski definition) is 3. The van der Waals surface area contributed by atoms with Gasteiger partial charge < -0.3 is 19.8 Å². The van der Waals surface area contributed by atoms with Crippen molar-refractivity contribution in [3.63, 3.8) is 0 Å². The minimum absolute atomic E-state index is 0.246. The second kappa shape index (κ2) is 8.68. The van der Waals surface area contributed by atoms with E-state index in [2.05, 4.69) is 10.1 Å². The summed E-state index contributed by atoms with van der Waals surface area (Å²) in [5.41, 5.74) is 0. The molecule has 0 rings (SSSR count). The van der Waals surface area contributed by atoms with Gasteiger partial charge in [0.15, 0.2) is 0 Å². The summed E-state index contributed by atoms with van der Waals surface area (Å²) in [6, 6.07) is 0. The minimum Gasteiger partial charge on any atom is -0.456 e. The third kappa shape index (κ3) is 13.7. The highest BCUT2D eigenvalue weighted by molar-refractivity contribution is 7.30. The van der Waals surface area contributed by atoms with Crippen LogP contribution in [0, 0.1) is 0 Å². The second-order valence-electron chi connectivity index (χ2n) is 2.32. The Balaban J connectivity index is 0. The maximum atomic E-state index is 10.6. The summed E-state index contributed by atoms with van der Waals surface area (Å²) in [5.74, 6) is -1.55. The molecule has 0 aliphatic rings. The van der Waals surface area contributed by atoms with E-state index in [4.69, 9.17) is 14.4 Å². The van der Waals surface area contributed by atoms with Crippen LogP contribution in [0.2, 0.25) is 0 Å². The lowest BCUT2D eigenvalue weighted by atomic mass is 10.5. The first-order valence-corrected chi connectivity index (χ1v) is 4.96. The molecule has 0 atom stereocenters. The van der Waals surface area contributed by atoms with Crippen molar-refractivity contribution in [3.05, 3.63) is 0 Å². The van der Waals surface area contributed by atoms with E-state index in [1.165, 1.54) is 7.05 Å². The molecule has 0 bridgehead atoms. The maximum Gasteiger partial charge on any atom is 0.397 e. The lowest BCUT2D eigenvalue weighted by Crippen LogP contribution is -2.30. The first-order valence-electron chi connectivity index (χ1n) is 3.65. The van der Waals surface area contributed by atoms with Crippen molar-refractivity contribution in [1.82, 2.24) is 5.32 Å². The standard InChI is InChI=1S/C6H11NO3.H3O3P/c1-4(2)10-6(9)5(8)7-3;1-4(2)3/h4H,1-3H3,(H,7,8);4H,(H2,1,2,3). The number of rotatable bonds is 1. The highest BCUT2D eigenvalue weighted by Crippen LogP contribution is 1.98. The Morgan fingerprint density at radius 2 is 1.71 bits per heavy atom. The number of likely N-dealkylation sites (N-methyl/N-ethyl adjacent to an activating group) is 1. The summed E-state index contributed by atoms with van der Waals surface area (Å²) in [4.78, 5) is 35.3. The zero-order chi connectivity index (χ0) is 11.7. The van der Waals surface area contributed by atoms with Crippen LogP contribution in [-0.2, 0) is 18.9 Å². The third-order valence-electron chi connectivity index (χ3n) is 0.755. The Bertz CT molecular complexity index is 212. The van der Waals surface area contributed by atoms with Gasteiger partial charge in [-0.2, -0.15) is 0 Å². The van der Waals surface area contributed by atoms with Gasteiger partial charge in [0.05, 0.1) is 6.10 Å². The number of esters is 1. The van der Waals surface area contributed by atoms with Gasteiger partial charge in [0.1, 0.15) is 0 Å². The summed E-state index contributed by atoms with van der Waals surface area (Å²) in [7, 11) is -1.75. The van der Waals surface area contributed by atoms with Crippen LogP contribution in [0.15, 0.2) is 0 Å². The highest BCUT2D eigenvalue weighted by Gasteiger charge is 2.13. The van der Waals surface area contributed by atoms with E-state index in [0.29, 0.717) is 0 Å². The fourth-order valence-corrected chi connectivity index (χ4v) is 0.370. The first kappa shape index (κ1) is 15.6. The molecule has 7 nitrogen and oxygen atoms in total. The smallest absolute Gasteiger partial charge is 0.397 e. The Hall–Kier alpha value is -0.910. The summed E-state index contributed by atoms with van der Waals surface area (Å²) >= 11 is 0. The zero-order valence-corrected chi connectivity index (χ0v) is 9.10. The minimum atomic E-state index is -3.13. The van der Waals surface area contributed by atoms with Crippen LogP contribution in [0.5, 0.6) is 0 Å². The second-order valence-corrected chi connectivity index (χ2v) is 2.88. The quantitative estimate of drug-likeness (QED) is 0.302. The Morgan fingerprint density at radius 1 is 1.36 bits per heavy atom. The molecule has 1 amide bonds. The Kier molecular flexibility index (Phi) is 9.64. The maximum absolute atomic E-state index is 10.6. The topological polar surface area (TPSA) is 113 Å². The van der Waals surface area contributed by atoms with Gasteiger partial charge in [-0.15, -0.1) is 0 Å². The highest BCUT2D eigenvalue weighted by atomic mass is 31.1. The Morgan fingerprint density at radius 3 is 1.93 bits per heavy atom. The molecular formula is C6H14NO6P. The van der Waals surface area contributed by atoms with Gasteiger partial charge in [-0.1, -0.05) is 0 Å². The Labute approximate surface area is 82.0 Å². The van der Waals surface area contributed by atoms with Crippen molar-refractivity contribution < 1.29 is 28.7 Å². The molecule has 0 heterocycles. The van der Waals surface area contributed by atoms with Crippen molar-refractivity contribution in [3.8, 4) is 0 Å². The molecule has 0 fully saturated rings. The average molecular weight is 227 g/mol. The van der Waals surface area contributed by atoms with Crippen LogP contribution in [0.25, 0.3) is 0 Å². The zero-order valence-electron chi connectivity index (χ0n) is 8.10. The molecule has 14 heavy (non-hydrogen) atoms. The van der Waals surface area contributed by atoms with Crippen molar-refractivity contribution >= 4 is 20.1 Å². The van der Waals surface area contributed by atoms with Crippen LogP contribution in [0.1, 0.15) is 13.8 Å². The SMILES string of the molecule is CNC(=O)C(=O)OC(C)C.O=[PH](O)O. The van der Waals surface area contributed by atoms with Gasteiger partial charge in [0, 0.05) is 7.05 Å². The van der Waals surface area contributed by atoms with Crippen LogP contribution in [-0.4, -0.2) is 34.8 Å². The van der Waals surface area contributed by atoms with Crippen molar-refractivity contribution in [2.24, 2.45) is 0 Å². The molecule has 0 aliphatic heterocycles. The molecule has 0 aliphatic carbocycles. The largest absolute Gasteiger partial charge is 0.456 e. The first-order chi connectivity index (χ1) is 6.31. The molecular weight excluding hydrogens is 213 g/mol. The van der Waals surface area contributed by atoms with Crippen LogP contribution < -0.4 is 5.32 Å². The fraction of sp³-hybridized carbons (Fsp3) is 0.667. The molecule has 8 heteroatoms. The van der Waals surface area contributed by atoms with E-state index in [9.17, 15) is 9.59 Å². The molecule has 0 unspecified atom stereocenters. The predicted molar refractivity (Wildman–Crippen MR) is 48.7 cm³/mol. The number of nitrogens with one attached hydrogen (secondary N) is 1. The summed E-state index contributed by atoms with van der Waals surface area (Å²) in [6.45, 7) is 3.36. The van der Waals surface area contributed by atoms with Crippen LogP contribution >= 0.6 is 8.25 Å². The van der Waals surface area contributed by atoms with Gasteiger partial charge in [0.25, 0.3) is 0 Å². The fourth-order valence-electron chi connectivity index (χ4n) is 0.370. The summed E-state index contributed by atoms with van der Waals surface area (Å²) in [5, 5.41) is 2.16. The van der Waals surface area contributed by atoms with Gasteiger partial charge >= 0.3 is 20.1 Å². The van der Waals surface area contributed by atoms with E-state index in [-0.39, 0.29) is 6.10 Å². The van der Waals surface area contributed by atoms with E-state index >= 15 is 0 Å². The number of carbonyl (C=O) groups excluding carboxylic acids is 2. The van der Waals surface area contributed by atoms with E-state index in [1.807, 2.05) is 0 Å². The van der Waals surface area contributed by atoms with Crippen molar-refractivity contribution in [2.75, 3.05) is 7.05 Å². The van der Waals surface area contributed by atoms with E-state index < -0.39 is 20.1 Å². The molecule has 84 valence electrons.